The molecule has 124 valence electrons. The molecule has 0 saturated heterocycles. The van der Waals surface area contributed by atoms with E-state index in [0.717, 1.165) is 22.5 Å². The van der Waals surface area contributed by atoms with Crippen LogP contribution in [0, 0.1) is 11.6 Å². The Hall–Kier alpha value is -1.70. The van der Waals surface area contributed by atoms with Crippen molar-refractivity contribution in [3.05, 3.63) is 58.6 Å². The van der Waals surface area contributed by atoms with E-state index in [9.17, 15) is 17.2 Å². The number of methoxy groups -OCH3 is 1. The van der Waals surface area contributed by atoms with Crippen LogP contribution < -0.4 is 4.74 Å². The summed E-state index contributed by atoms with van der Waals surface area (Å²) in [7, 11) is -1.70. The normalized spacial score (nSPS) is 11.7. The van der Waals surface area contributed by atoms with Crippen LogP contribution in [-0.4, -0.2) is 26.9 Å². The number of rotatable bonds is 5. The number of hydrogen-bond donors (Lipinski definition) is 0. The third-order valence-electron chi connectivity index (χ3n) is 3.22. The zero-order chi connectivity index (χ0) is 17.2. The number of hydrogen-bond acceptors (Lipinski definition) is 3. The second-order valence-electron chi connectivity index (χ2n) is 4.77. The van der Waals surface area contributed by atoms with Gasteiger partial charge in [0.2, 0.25) is 10.0 Å². The van der Waals surface area contributed by atoms with Gasteiger partial charge < -0.3 is 4.74 Å². The van der Waals surface area contributed by atoms with Crippen LogP contribution in [0.15, 0.2) is 41.3 Å². The van der Waals surface area contributed by atoms with E-state index in [0.29, 0.717) is 16.3 Å². The Morgan fingerprint density at radius 1 is 1.17 bits per heavy atom. The Kier molecular flexibility index (Phi) is 5.23. The number of nitrogens with zero attached hydrogens (tertiary/aromatic N) is 1. The summed E-state index contributed by atoms with van der Waals surface area (Å²) in [6.07, 6.45) is 0. The first-order valence-electron chi connectivity index (χ1n) is 6.50. The quantitative estimate of drug-likeness (QED) is 0.819. The summed E-state index contributed by atoms with van der Waals surface area (Å²) in [6.45, 7) is -0.153. The van der Waals surface area contributed by atoms with Crippen molar-refractivity contribution < 1.29 is 21.9 Å². The van der Waals surface area contributed by atoms with Gasteiger partial charge in [-0.3, -0.25) is 0 Å². The van der Waals surface area contributed by atoms with Crippen molar-refractivity contribution in [1.82, 2.24) is 4.31 Å². The first kappa shape index (κ1) is 17.7. The fourth-order valence-electron chi connectivity index (χ4n) is 2.08. The van der Waals surface area contributed by atoms with Crippen LogP contribution in [0.2, 0.25) is 5.02 Å². The molecule has 0 aliphatic carbocycles. The molecule has 2 aromatic carbocycles. The number of sulfonamides is 1. The molecule has 0 saturated carbocycles. The molecular weight excluding hydrogens is 348 g/mol. The van der Waals surface area contributed by atoms with Gasteiger partial charge in [-0.1, -0.05) is 17.7 Å². The summed E-state index contributed by atoms with van der Waals surface area (Å²) in [4.78, 5) is -0.983. The van der Waals surface area contributed by atoms with Gasteiger partial charge >= 0.3 is 0 Å². The van der Waals surface area contributed by atoms with Gasteiger partial charge in [0.1, 0.15) is 17.4 Å². The average molecular weight is 362 g/mol. The molecule has 0 heterocycles. The molecule has 2 rings (SSSR count). The van der Waals surface area contributed by atoms with Gasteiger partial charge in [0, 0.05) is 24.2 Å². The van der Waals surface area contributed by atoms with Crippen LogP contribution in [0.25, 0.3) is 0 Å². The van der Waals surface area contributed by atoms with Crippen molar-refractivity contribution >= 4 is 21.6 Å². The summed E-state index contributed by atoms with van der Waals surface area (Å²) in [6, 6.07) is 7.60. The lowest BCUT2D eigenvalue weighted by Crippen LogP contribution is -2.28. The van der Waals surface area contributed by atoms with Gasteiger partial charge in [0.25, 0.3) is 0 Å². The van der Waals surface area contributed by atoms with Crippen LogP contribution in [-0.2, 0) is 16.6 Å². The largest absolute Gasteiger partial charge is 0.496 e. The molecule has 0 radical (unpaired) electrons. The van der Waals surface area contributed by atoms with E-state index < -0.39 is 26.6 Å². The van der Waals surface area contributed by atoms with Crippen molar-refractivity contribution in [3.8, 4) is 5.75 Å². The van der Waals surface area contributed by atoms with Crippen molar-refractivity contribution in [1.29, 1.82) is 0 Å². The summed E-state index contributed by atoms with van der Waals surface area (Å²) in [5.74, 6) is -1.87. The molecule has 4 nitrogen and oxygen atoms in total. The third kappa shape index (κ3) is 3.63. The third-order valence-corrected chi connectivity index (χ3v) is 5.31. The van der Waals surface area contributed by atoms with Gasteiger partial charge in [-0.05, 0) is 30.3 Å². The highest BCUT2D eigenvalue weighted by Crippen LogP contribution is 2.27. The second-order valence-corrected chi connectivity index (χ2v) is 7.19. The topological polar surface area (TPSA) is 46.6 Å². The van der Waals surface area contributed by atoms with E-state index in [2.05, 4.69) is 0 Å². The van der Waals surface area contributed by atoms with Gasteiger partial charge in [-0.25, -0.2) is 17.2 Å². The average Bonchev–Trinajstić information content (AvgIpc) is 2.47. The van der Waals surface area contributed by atoms with E-state index >= 15 is 0 Å². The van der Waals surface area contributed by atoms with Gasteiger partial charge in [0.15, 0.2) is 4.90 Å². The molecule has 0 atom stereocenters. The lowest BCUT2D eigenvalue weighted by molar-refractivity contribution is 0.396. The summed E-state index contributed by atoms with van der Waals surface area (Å²) in [5, 5.41) is 0.392. The van der Waals surface area contributed by atoms with Crippen LogP contribution in [0.1, 0.15) is 5.56 Å². The van der Waals surface area contributed by atoms with E-state index in [4.69, 9.17) is 16.3 Å². The highest BCUT2D eigenvalue weighted by atomic mass is 35.5. The maximum atomic E-state index is 13.8. The minimum Gasteiger partial charge on any atom is -0.496 e. The Morgan fingerprint density at radius 2 is 1.78 bits per heavy atom. The Bertz CT molecular complexity index is 807. The van der Waals surface area contributed by atoms with Crippen LogP contribution in [0.3, 0.4) is 0 Å². The fourth-order valence-corrected chi connectivity index (χ4v) is 3.52. The molecule has 0 amide bonds. The van der Waals surface area contributed by atoms with E-state index in [1.54, 1.807) is 12.1 Å². The lowest BCUT2D eigenvalue weighted by Gasteiger charge is -2.19. The molecule has 2 aromatic rings. The van der Waals surface area contributed by atoms with Crippen molar-refractivity contribution in [3.63, 3.8) is 0 Å². The van der Waals surface area contributed by atoms with Crippen LogP contribution in [0.4, 0.5) is 8.78 Å². The smallest absolute Gasteiger partial charge is 0.248 e. The predicted molar refractivity (Wildman–Crippen MR) is 83.0 cm³/mol. The zero-order valence-electron chi connectivity index (χ0n) is 12.4. The summed E-state index contributed by atoms with van der Waals surface area (Å²) >= 11 is 5.90. The lowest BCUT2D eigenvalue weighted by atomic mass is 10.2. The molecule has 0 N–H and O–H groups in total. The molecule has 0 bridgehead atoms. The molecule has 0 spiro atoms. The molecule has 0 fully saturated rings. The van der Waals surface area contributed by atoms with Crippen molar-refractivity contribution in [2.24, 2.45) is 0 Å². The SMILES string of the molecule is COc1ccc(Cl)cc1CN(C)S(=O)(=O)c1c(F)cccc1F. The Labute approximate surface area is 138 Å². The Balaban J connectivity index is 2.41. The first-order valence-corrected chi connectivity index (χ1v) is 8.32. The van der Waals surface area contributed by atoms with E-state index in [1.165, 1.54) is 20.2 Å². The monoisotopic (exact) mass is 361 g/mol. The van der Waals surface area contributed by atoms with Crippen molar-refractivity contribution in [2.45, 2.75) is 11.4 Å². The molecule has 0 aliphatic rings. The molecule has 0 aromatic heterocycles. The highest BCUT2D eigenvalue weighted by Gasteiger charge is 2.28. The van der Waals surface area contributed by atoms with Gasteiger partial charge in [-0.15, -0.1) is 0 Å². The van der Waals surface area contributed by atoms with Crippen molar-refractivity contribution in [2.75, 3.05) is 14.2 Å². The minimum absolute atomic E-state index is 0.153. The minimum atomic E-state index is -4.35. The molecular formula is C15H14ClF2NO3S. The fraction of sp³-hybridized carbons (Fsp3) is 0.200. The second kappa shape index (κ2) is 6.82. The van der Waals surface area contributed by atoms with Crippen LogP contribution in [0.5, 0.6) is 5.75 Å². The number of halogens is 3. The van der Waals surface area contributed by atoms with E-state index in [-0.39, 0.29) is 6.54 Å². The van der Waals surface area contributed by atoms with E-state index in [1.807, 2.05) is 0 Å². The Morgan fingerprint density at radius 3 is 2.35 bits per heavy atom. The standard InChI is InChI=1S/C15H14ClF2NO3S/c1-19(9-10-8-11(16)6-7-14(10)22-2)23(20,21)15-12(17)4-3-5-13(15)18/h3-8H,9H2,1-2H3. The zero-order valence-corrected chi connectivity index (χ0v) is 14.0. The first-order chi connectivity index (χ1) is 10.8. The van der Waals surface area contributed by atoms with Crippen LogP contribution >= 0.6 is 11.6 Å². The molecule has 8 heteroatoms. The number of ether oxygens (including phenoxy) is 1. The molecule has 0 aliphatic heterocycles. The molecule has 23 heavy (non-hydrogen) atoms. The molecule has 0 unspecified atom stereocenters. The van der Waals surface area contributed by atoms with Gasteiger partial charge in [0.05, 0.1) is 7.11 Å². The van der Waals surface area contributed by atoms with Gasteiger partial charge in [-0.2, -0.15) is 4.31 Å². The number of benzene rings is 2. The summed E-state index contributed by atoms with van der Waals surface area (Å²) < 4.78 is 58.4. The maximum Gasteiger partial charge on any atom is 0.248 e. The maximum absolute atomic E-state index is 13.8. The highest BCUT2D eigenvalue weighted by molar-refractivity contribution is 7.89. The predicted octanol–water partition coefficient (Wildman–Crippen LogP) is 3.45. The summed E-state index contributed by atoms with van der Waals surface area (Å²) in [5.41, 5.74) is 0.475.